The molecule has 8 nitrogen and oxygen atoms in total. The van der Waals surface area contributed by atoms with E-state index in [4.69, 9.17) is 4.74 Å². The summed E-state index contributed by atoms with van der Waals surface area (Å²) in [6.07, 6.45) is -2.90. The third-order valence-corrected chi connectivity index (χ3v) is 5.23. The van der Waals surface area contributed by atoms with Gasteiger partial charge in [0.1, 0.15) is 0 Å². The number of benzene rings is 1. The van der Waals surface area contributed by atoms with Crippen molar-refractivity contribution in [3.05, 3.63) is 41.1 Å². The molecule has 2 aliphatic heterocycles. The van der Waals surface area contributed by atoms with Crippen LogP contribution in [0, 0.1) is 0 Å². The number of hydrogen-bond acceptors (Lipinski definition) is 4. The van der Waals surface area contributed by atoms with Crippen molar-refractivity contribution < 1.29 is 23.8 Å². The summed E-state index contributed by atoms with van der Waals surface area (Å²) in [5.41, 5.74) is 3.21. The number of ether oxygens (including phenoxy) is 1. The van der Waals surface area contributed by atoms with Gasteiger partial charge in [0.15, 0.2) is 0 Å². The monoisotopic (exact) mass is 388 g/mol. The summed E-state index contributed by atoms with van der Waals surface area (Å²) in [4.78, 5) is 24.7. The van der Waals surface area contributed by atoms with E-state index in [1.54, 1.807) is 4.68 Å². The van der Waals surface area contributed by atoms with Crippen molar-refractivity contribution in [1.29, 1.82) is 0 Å². The highest BCUT2D eigenvalue weighted by Crippen LogP contribution is 2.38. The molecule has 28 heavy (non-hydrogen) atoms. The number of rotatable bonds is 2. The summed E-state index contributed by atoms with van der Waals surface area (Å²) in [5.74, 6) is -0.605. The lowest BCUT2D eigenvalue weighted by molar-refractivity contribution is -0.136. The van der Waals surface area contributed by atoms with Gasteiger partial charge in [-0.05, 0) is 23.6 Å². The second kappa shape index (κ2) is 6.81. The van der Waals surface area contributed by atoms with Crippen LogP contribution in [0.3, 0.4) is 0 Å². The van der Waals surface area contributed by atoms with Crippen molar-refractivity contribution in [3.63, 3.8) is 0 Å². The van der Waals surface area contributed by atoms with Crippen molar-refractivity contribution in [2.24, 2.45) is 0 Å². The number of carboxylic acid groups (broad SMARTS) is 1. The summed E-state index contributed by atoms with van der Waals surface area (Å²) < 4.78 is 20.9. The molecular formula is C19H21FN4O4. The molecule has 1 aromatic heterocycles. The van der Waals surface area contributed by atoms with Crippen LogP contribution in [0.4, 0.5) is 9.18 Å². The number of alkyl halides is 1. The Morgan fingerprint density at radius 1 is 1.36 bits per heavy atom. The van der Waals surface area contributed by atoms with Crippen LogP contribution >= 0.6 is 0 Å². The SMILES string of the molecule is CC(C)c1ccc(-n2nc3c4c2CCN(C(=O)O)C4CNC(=O)C(F)O3)cc1. The van der Waals surface area contributed by atoms with Gasteiger partial charge in [-0.15, -0.1) is 5.10 Å². The normalized spacial score (nSPS) is 21.4. The molecule has 2 amide bonds. The summed E-state index contributed by atoms with van der Waals surface area (Å²) in [7, 11) is 0. The number of carbonyl (C=O) groups excluding carboxylic acids is 1. The standard InChI is InChI=1S/C19H21FN4O4/c1-10(2)11-3-5-12(6-4-11)24-13-7-8-23(19(26)27)14-9-21-17(25)16(20)28-18(22-24)15(13)14/h3-6,10,14,16H,7-9H2,1-2H3,(H,21,25)(H,26,27). The molecule has 2 aliphatic rings. The summed E-state index contributed by atoms with van der Waals surface area (Å²) >= 11 is 0. The molecule has 1 aromatic carbocycles. The highest BCUT2D eigenvalue weighted by atomic mass is 19.1. The first-order valence-electron chi connectivity index (χ1n) is 9.17. The zero-order valence-corrected chi connectivity index (χ0v) is 15.6. The molecule has 0 fully saturated rings. The van der Waals surface area contributed by atoms with E-state index < -0.39 is 24.4 Å². The van der Waals surface area contributed by atoms with Gasteiger partial charge >= 0.3 is 12.5 Å². The molecule has 4 rings (SSSR count). The van der Waals surface area contributed by atoms with Crippen molar-refractivity contribution in [1.82, 2.24) is 20.0 Å². The van der Waals surface area contributed by atoms with Crippen molar-refractivity contribution in [2.45, 2.75) is 38.6 Å². The Balaban J connectivity index is 1.83. The molecule has 3 heterocycles. The van der Waals surface area contributed by atoms with Gasteiger partial charge in [-0.25, -0.2) is 9.48 Å². The van der Waals surface area contributed by atoms with E-state index in [1.165, 1.54) is 10.5 Å². The van der Waals surface area contributed by atoms with E-state index >= 15 is 0 Å². The minimum Gasteiger partial charge on any atom is -0.465 e. The first-order valence-corrected chi connectivity index (χ1v) is 9.17. The summed E-state index contributed by atoms with van der Waals surface area (Å²) in [6, 6.07) is 7.15. The smallest absolute Gasteiger partial charge is 0.407 e. The molecule has 0 bridgehead atoms. The number of nitrogens with zero attached hydrogens (tertiary/aromatic N) is 3. The number of hydrogen-bond donors (Lipinski definition) is 2. The maximum atomic E-state index is 14.1. The van der Waals surface area contributed by atoms with E-state index in [0.29, 0.717) is 17.9 Å². The second-order valence-electron chi connectivity index (χ2n) is 7.24. The predicted molar refractivity (Wildman–Crippen MR) is 97.4 cm³/mol. The van der Waals surface area contributed by atoms with Gasteiger partial charge in [0.2, 0.25) is 5.88 Å². The minimum absolute atomic E-state index is 0.0348. The molecule has 0 radical (unpaired) electrons. The maximum absolute atomic E-state index is 14.1. The lowest BCUT2D eigenvalue weighted by Crippen LogP contribution is -2.48. The van der Waals surface area contributed by atoms with Crippen LogP contribution in [0.15, 0.2) is 24.3 Å². The topological polar surface area (TPSA) is 96.7 Å². The molecule has 0 aliphatic carbocycles. The molecule has 0 saturated heterocycles. The van der Waals surface area contributed by atoms with Crippen LogP contribution in [0.2, 0.25) is 0 Å². The average Bonchev–Trinajstić information content (AvgIpc) is 3.03. The fraction of sp³-hybridized carbons (Fsp3) is 0.421. The van der Waals surface area contributed by atoms with Gasteiger partial charge in [-0.3, -0.25) is 9.69 Å². The van der Waals surface area contributed by atoms with E-state index in [2.05, 4.69) is 24.3 Å². The number of amides is 2. The number of aromatic nitrogens is 2. The van der Waals surface area contributed by atoms with E-state index in [0.717, 1.165) is 11.4 Å². The Morgan fingerprint density at radius 3 is 2.71 bits per heavy atom. The lowest BCUT2D eigenvalue weighted by Gasteiger charge is -2.35. The van der Waals surface area contributed by atoms with Gasteiger partial charge in [-0.1, -0.05) is 26.0 Å². The Morgan fingerprint density at radius 2 is 2.07 bits per heavy atom. The third kappa shape index (κ3) is 2.96. The Kier molecular flexibility index (Phi) is 4.44. The van der Waals surface area contributed by atoms with Crippen LogP contribution in [-0.4, -0.2) is 51.2 Å². The van der Waals surface area contributed by atoms with Crippen LogP contribution < -0.4 is 10.1 Å². The highest BCUT2D eigenvalue weighted by Gasteiger charge is 2.40. The van der Waals surface area contributed by atoms with Crippen molar-refractivity contribution >= 4 is 12.0 Å². The fourth-order valence-electron chi connectivity index (χ4n) is 3.73. The lowest BCUT2D eigenvalue weighted by atomic mass is 9.98. The first-order chi connectivity index (χ1) is 13.4. The van der Waals surface area contributed by atoms with E-state index in [-0.39, 0.29) is 19.0 Å². The van der Waals surface area contributed by atoms with E-state index in [9.17, 15) is 19.1 Å². The second-order valence-corrected chi connectivity index (χ2v) is 7.24. The van der Waals surface area contributed by atoms with Gasteiger partial charge < -0.3 is 15.2 Å². The van der Waals surface area contributed by atoms with Gasteiger partial charge in [0.25, 0.3) is 5.91 Å². The van der Waals surface area contributed by atoms with Crippen molar-refractivity contribution in [3.8, 4) is 11.6 Å². The van der Waals surface area contributed by atoms with Gasteiger partial charge in [-0.2, -0.15) is 4.39 Å². The molecule has 2 N–H and O–H groups in total. The number of nitrogens with one attached hydrogen (secondary N) is 1. The molecule has 2 aromatic rings. The van der Waals surface area contributed by atoms with Crippen LogP contribution in [0.5, 0.6) is 5.88 Å². The Labute approximate surface area is 160 Å². The third-order valence-electron chi connectivity index (χ3n) is 5.23. The van der Waals surface area contributed by atoms with Gasteiger partial charge in [0, 0.05) is 19.5 Å². The summed E-state index contributed by atoms with van der Waals surface area (Å²) in [6.45, 7) is 4.41. The zero-order chi connectivity index (χ0) is 20.0. The highest BCUT2D eigenvalue weighted by molar-refractivity contribution is 5.80. The Bertz CT molecular complexity index is 925. The summed E-state index contributed by atoms with van der Waals surface area (Å²) in [5, 5.41) is 16.3. The average molecular weight is 388 g/mol. The molecule has 2 unspecified atom stereocenters. The molecule has 0 spiro atoms. The number of halogens is 1. The molecule has 9 heteroatoms. The maximum Gasteiger partial charge on any atom is 0.407 e. The molecular weight excluding hydrogens is 367 g/mol. The quantitative estimate of drug-likeness (QED) is 0.823. The largest absolute Gasteiger partial charge is 0.465 e. The molecule has 148 valence electrons. The number of carbonyl (C=O) groups is 2. The fourth-order valence-corrected chi connectivity index (χ4v) is 3.73. The van der Waals surface area contributed by atoms with Crippen LogP contribution in [0.25, 0.3) is 5.69 Å². The molecule has 2 atom stereocenters. The van der Waals surface area contributed by atoms with E-state index in [1.807, 2.05) is 24.3 Å². The Hall–Kier alpha value is -3.10. The predicted octanol–water partition coefficient (Wildman–Crippen LogP) is 2.38. The van der Waals surface area contributed by atoms with Crippen molar-refractivity contribution in [2.75, 3.05) is 13.1 Å². The first kappa shape index (κ1) is 18.3. The minimum atomic E-state index is -2.20. The molecule has 0 saturated carbocycles. The van der Waals surface area contributed by atoms with Crippen LogP contribution in [-0.2, 0) is 11.2 Å². The zero-order valence-electron chi connectivity index (χ0n) is 15.6. The van der Waals surface area contributed by atoms with Crippen LogP contribution in [0.1, 0.15) is 42.6 Å². The van der Waals surface area contributed by atoms with Gasteiger partial charge in [0.05, 0.1) is 23.0 Å².